The Balaban J connectivity index is 2.01. The Bertz CT molecular complexity index is 842. The third-order valence-corrected chi connectivity index (χ3v) is 4.40. The number of carboxylic acids is 1. The molecule has 1 aliphatic heterocycles. The van der Waals surface area contributed by atoms with Crippen molar-refractivity contribution < 1.29 is 14.7 Å². The van der Waals surface area contributed by atoms with Gasteiger partial charge in [0.25, 0.3) is 5.91 Å². The SMILES string of the molecule is CN1C(=O)c2cnccc2/C(=C/CCCCC(=O)O)c2ccccc21. The number of carbonyl (C=O) groups is 2. The van der Waals surface area contributed by atoms with Crippen LogP contribution in [0.3, 0.4) is 0 Å². The normalized spacial score (nSPS) is 14.8. The van der Waals surface area contributed by atoms with Gasteiger partial charge in [-0.15, -0.1) is 0 Å². The third-order valence-electron chi connectivity index (χ3n) is 4.40. The summed E-state index contributed by atoms with van der Waals surface area (Å²) >= 11 is 0. The number of allylic oxidation sites excluding steroid dienone is 1. The van der Waals surface area contributed by atoms with Gasteiger partial charge < -0.3 is 10.0 Å². The summed E-state index contributed by atoms with van der Waals surface area (Å²) in [6.45, 7) is 0. The van der Waals surface area contributed by atoms with E-state index in [1.807, 2.05) is 30.3 Å². The standard InChI is InChI=1S/C20H20N2O3/c1-22-18-9-6-5-8-16(18)14(7-3-2-4-10-19(23)24)15-11-12-21-13-17(15)20(22)25/h5-9,11-13H,2-4,10H2,1H3,(H,23,24)/b14-7-. The molecule has 0 saturated heterocycles. The molecule has 3 rings (SSSR count). The van der Waals surface area contributed by atoms with Crippen molar-refractivity contribution in [3.63, 3.8) is 0 Å². The average Bonchev–Trinajstić information content (AvgIpc) is 2.71. The Morgan fingerprint density at radius 2 is 1.96 bits per heavy atom. The summed E-state index contributed by atoms with van der Waals surface area (Å²) in [4.78, 5) is 29.2. The Morgan fingerprint density at radius 1 is 1.16 bits per heavy atom. The van der Waals surface area contributed by atoms with Gasteiger partial charge in [-0.3, -0.25) is 14.6 Å². The number of rotatable bonds is 5. The molecule has 0 saturated carbocycles. The summed E-state index contributed by atoms with van der Waals surface area (Å²) in [6.07, 6.45) is 7.78. The summed E-state index contributed by atoms with van der Waals surface area (Å²) in [6, 6.07) is 9.69. The van der Waals surface area contributed by atoms with Gasteiger partial charge in [0.1, 0.15) is 0 Å². The monoisotopic (exact) mass is 336 g/mol. The molecule has 2 heterocycles. The quantitative estimate of drug-likeness (QED) is 0.844. The van der Waals surface area contributed by atoms with E-state index in [2.05, 4.69) is 11.1 Å². The summed E-state index contributed by atoms with van der Waals surface area (Å²) < 4.78 is 0. The van der Waals surface area contributed by atoms with E-state index in [9.17, 15) is 9.59 Å². The molecule has 5 heteroatoms. The zero-order valence-corrected chi connectivity index (χ0v) is 14.1. The zero-order valence-electron chi connectivity index (χ0n) is 14.1. The number of anilines is 1. The number of unbranched alkanes of at least 4 members (excludes halogenated alkanes) is 2. The molecule has 0 fully saturated rings. The minimum atomic E-state index is -0.767. The van der Waals surface area contributed by atoms with Crippen LogP contribution in [0.5, 0.6) is 0 Å². The van der Waals surface area contributed by atoms with Crippen LogP contribution in [0.15, 0.2) is 48.8 Å². The van der Waals surface area contributed by atoms with Gasteiger partial charge in [-0.2, -0.15) is 0 Å². The fourth-order valence-corrected chi connectivity index (χ4v) is 3.12. The fraction of sp³-hybridized carbons (Fsp3) is 0.250. The lowest BCUT2D eigenvalue weighted by atomic mass is 9.94. The van der Waals surface area contributed by atoms with Crippen LogP contribution in [0, 0.1) is 0 Å². The van der Waals surface area contributed by atoms with Crippen molar-refractivity contribution in [2.75, 3.05) is 11.9 Å². The highest BCUT2D eigenvalue weighted by Gasteiger charge is 2.26. The van der Waals surface area contributed by atoms with Crippen LogP contribution >= 0.6 is 0 Å². The Hall–Kier alpha value is -2.95. The summed E-state index contributed by atoms with van der Waals surface area (Å²) in [5, 5.41) is 8.75. The Kier molecular flexibility index (Phi) is 4.93. The maximum Gasteiger partial charge on any atom is 0.303 e. The molecule has 5 nitrogen and oxygen atoms in total. The topological polar surface area (TPSA) is 70.5 Å². The molecule has 25 heavy (non-hydrogen) atoms. The number of nitrogens with zero attached hydrogens (tertiary/aromatic N) is 2. The number of fused-ring (bicyclic) bond motifs is 2. The predicted molar refractivity (Wildman–Crippen MR) is 96.6 cm³/mol. The molecule has 1 amide bonds. The van der Waals surface area contributed by atoms with Crippen molar-refractivity contribution >= 4 is 23.1 Å². The third kappa shape index (κ3) is 3.45. The highest BCUT2D eigenvalue weighted by atomic mass is 16.4. The van der Waals surface area contributed by atoms with E-state index >= 15 is 0 Å². The van der Waals surface area contributed by atoms with Crippen LogP contribution in [0.4, 0.5) is 5.69 Å². The van der Waals surface area contributed by atoms with Crippen molar-refractivity contribution in [2.24, 2.45) is 0 Å². The van der Waals surface area contributed by atoms with Crippen LogP contribution < -0.4 is 4.90 Å². The van der Waals surface area contributed by atoms with E-state index < -0.39 is 5.97 Å². The molecule has 128 valence electrons. The van der Waals surface area contributed by atoms with Gasteiger partial charge >= 0.3 is 5.97 Å². The molecule has 2 aromatic rings. The lowest BCUT2D eigenvalue weighted by molar-refractivity contribution is -0.137. The van der Waals surface area contributed by atoms with E-state index in [1.54, 1.807) is 24.3 Å². The first-order valence-corrected chi connectivity index (χ1v) is 8.33. The Morgan fingerprint density at radius 3 is 2.76 bits per heavy atom. The number of aliphatic carboxylic acids is 1. The summed E-state index contributed by atoms with van der Waals surface area (Å²) in [5.74, 6) is -0.846. The smallest absolute Gasteiger partial charge is 0.303 e. The lowest BCUT2D eigenvalue weighted by Gasteiger charge is -2.17. The molecular formula is C20H20N2O3. The van der Waals surface area contributed by atoms with E-state index in [0.29, 0.717) is 12.0 Å². The highest BCUT2D eigenvalue weighted by Crippen LogP contribution is 2.37. The van der Waals surface area contributed by atoms with Crippen LogP contribution in [0.2, 0.25) is 0 Å². The number of hydrogen-bond donors (Lipinski definition) is 1. The van der Waals surface area contributed by atoms with Crippen molar-refractivity contribution in [3.8, 4) is 0 Å². The van der Waals surface area contributed by atoms with Crippen molar-refractivity contribution in [1.29, 1.82) is 0 Å². The van der Waals surface area contributed by atoms with Crippen LogP contribution in [0.25, 0.3) is 5.57 Å². The second kappa shape index (κ2) is 7.30. The molecule has 1 aromatic carbocycles. The predicted octanol–water partition coefficient (Wildman–Crippen LogP) is 3.75. The van der Waals surface area contributed by atoms with Crippen LogP contribution in [-0.2, 0) is 4.79 Å². The van der Waals surface area contributed by atoms with Gasteiger partial charge in [0, 0.05) is 31.4 Å². The van der Waals surface area contributed by atoms with Crippen molar-refractivity contribution in [1.82, 2.24) is 4.98 Å². The largest absolute Gasteiger partial charge is 0.481 e. The Labute approximate surface area is 146 Å². The summed E-state index contributed by atoms with van der Waals surface area (Å²) in [5.41, 5.74) is 4.32. The first kappa shape index (κ1) is 16.9. The number of carbonyl (C=O) groups excluding carboxylic acids is 1. The van der Waals surface area contributed by atoms with E-state index in [0.717, 1.165) is 35.2 Å². The molecule has 1 aliphatic rings. The minimum Gasteiger partial charge on any atom is -0.481 e. The number of aromatic nitrogens is 1. The molecule has 1 aromatic heterocycles. The maximum atomic E-state index is 12.8. The molecule has 0 atom stereocenters. The molecule has 0 aliphatic carbocycles. The first-order chi connectivity index (χ1) is 12.1. The van der Waals surface area contributed by atoms with E-state index in [-0.39, 0.29) is 12.3 Å². The molecule has 0 radical (unpaired) electrons. The molecule has 0 bridgehead atoms. The number of amides is 1. The van der Waals surface area contributed by atoms with Crippen molar-refractivity contribution in [2.45, 2.75) is 25.7 Å². The zero-order chi connectivity index (χ0) is 17.8. The van der Waals surface area contributed by atoms with E-state index in [4.69, 9.17) is 5.11 Å². The minimum absolute atomic E-state index is 0.0789. The average molecular weight is 336 g/mol. The van der Waals surface area contributed by atoms with Gasteiger partial charge in [-0.05, 0) is 42.5 Å². The molecular weight excluding hydrogens is 316 g/mol. The van der Waals surface area contributed by atoms with Gasteiger partial charge in [-0.25, -0.2) is 0 Å². The molecule has 0 spiro atoms. The van der Waals surface area contributed by atoms with Crippen LogP contribution in [0.1, 0.15) is 47.2 Å². The van der Waals surface area contributed by atoms with Gasteiger partial charge in [0.2, 0.25) is 0 Å². The van der Waals surface area contributed by atoms with Gasteiger partial charge in [0.15, 0.2) is 0 Å². The van der Waals surface area contributed by atoms with Crippen molar-refractivity contribution in [3.05, 3.63) is 65.5 Å². The van der Waals surface area contributed by atoms with Gasteiger partial charge in [0.05, 0.1) is 11.3 Å². The van der Waals surface area contributed by atoms with E-state index in [1.165, 1.54) is 0 Å². The van der Waals surface area contributed by atoms with Gasteiger partial charge in [-0.1, -0.05) is 24.3 Å². The fourth-order valence-electron chi connectivity index (χ4n) is 3.12. The number of para-hydroxylation sites is 1. The second-order valence-electron chi connectivity index (χ2n) is 6.06. The maximum absolute atomic E-state index is 12.8. The lowest BCUT2D eigenvalue weighted by Crippen LogP contribution is -2.26. The highest BCUT2D eigenvalue weighted by molar-refractivity contribution is 6.13. The second-order valence-corrected chi connectivity index (χ2v) is 6.06. The molecule has 1 N–H and O–H groups in total. The summed E-state index contributed by atoms with van der Waals surface area (Å²) in [7, 11) is 1.77. The number of benzene rings is 1. The number of pyridine rings is 1. The first-order valence-electron chi connectivity index (χ1n) is 8.33. The molecule has 0 unspecified atom stereocenters. The number of carboxylic acid groups (broad SMARTS) is 1. The van der Waals surface area contributed by atoms with Crippen LogP contribution in [-0.4, -0.2) is 29.0 Å². The number of hydrogen-bond acceptors (Lipinski definition) is 3.